The third kappa shape index (κ3) is 1.75. The molecule has 0 saturated carbocycles. The van der Waals surface area contributed by atoms with Crippen molar-refractivity contribution in [1.29, 1.82) is 0 Å². The molecule has 0 bridgehead atoms. The molecule has 2 rings (SSSR count). The third-order valence-corrected chi connectivity index (χ3v) is 2.80. The van der Waals surface area contributed by atoms with Crippen LogP contribution in [0, 0.1) is 0 Å². The van der Waals surface area contributed by atoms with Crippen LogP contribution in [0.25, 0.3) is 0 Å². The van der Waals surface area contributed by atoms with Crippen molar-refractivity contribution in [2.45, 2.75) is 19.4 Å². The average Bonchev–Trinajstić information content (AvgIpc) is 2.53. The summed E-state index contributed by atoms with van der Waals surface area (Å²) < 4.78 is 5.51. The van der Waals surface area contributed by atoms with E-state index in [4.69, 9.17) is 21.5 Å². The van der Waals surface area contributed by atoms with Gasteiger partial charge in [-0.2, -0.15) is 0 Å². The first-order valence-electron chi connectivity index (χ1n) is 4.58. The van der Waals surface area contributed by atoms with Gasteiger partial charge in [0, 0.05) is 5.56 Å². The van der Waals surface area contributed by atoms with Crippen molar-refractivity contribution < 1.29 is 9.86 Å². The Labute approximate surface area is 94.0 Å². The number of benzene rings is 1. The normalized spacial score (nSPS) is 18.5. The SMILES string of the molecule is CC1(C)O[B]c2ccc(/C(Cl)=N/O)cc21. The highest BCUT2D eigenvalue weighted by Gasteiger charge is 2.31. The molecule has 0 aliphatic carbocycles. The molecule has 1 aliphatic heterocycles. The maximum absolute atomic E-state index is 8.58. The fourth-order valence-electron chi connectivity index (χ4n) is 1.64. The van der Waals surface area contributed by atoms with Crippen LogP contribution in [-0.2, 0) is 10.3 Å². The predicted molar refractivity (Wildman–Crippen MR) is 60.1 cm³/mol. The van der Waals surface area contributed by atoms with E-state index in [9.17, 15) is 0 Å². The van der Waals surface area contributed by atoms with E-state index in [1.165, 1.54) is 0 Å². The maximum atomic E-state index is 8.58. The molecule has 15 heavy (non-hydrogen) atoms. The molecule has 1 aliphatic rings. The third-order valence-electron chi connectivity index (χ3n) is 2.51. The zero-order valence-corrected chi connectivity index (χ0v) is 9.25. The summed E-state index contributed by atoms with van der Waals surface area (Å²) in [6.07, 6.45) is 0. The first-order chi connectivity index (χ1) is 7.04. The van der Waals surface area contributed by atoms with Crippen LogP contribution < -0.4 is 5.46 Å². The van der Waals surface area contributed by atoms with E-state index in [1.54, 1.807) is 13.5 Å². The second kappa shape index (κ2) is 3.54. The molecule has 5 heteroatoms. The lowest BCUT2D eigenvalue weighted by Crippen LogP contribution is -2.17. The monoisotopic (exact) mass is 222 g/mol. The van der Waals surface area contributed by atoms with Crippen molar-refractivity contribution in [3.05, 3.63) is 29.3 Å². The molecule has 0 aromatic heterocycles. The number of nitrogens with zero attached hydrogens (tertiary/aromatic N) is 1. The Balaban J connectivity index is 2.51. The van der Waals surface area contributed by atoms with Crippen LogP contribution in [0.1, 0.15) is 25.0 Å². The molecule has 0 fully saturated rings. The quantitative estimate of drug-likeness (QED) is 0.339. The molecular formula is C10H10BClNO2. The summed E-state index contributed by atoms with van der Waals surface area (Å²) in [5.41, 5.74) is 2.41. The van der Waals surface area contributed by atoms with E-state index in [-0.39, 0.29) is 10.8 Å². The Kier molecular flexibility index (Phi) is 2.48. The van der Waals surface area contributed by atoms with Crippen molar-refractivity contribution in [1.82, 2.24) is 0 Å². The number of fused-ring (bicyclic) bond motifs is 1. The first kappa shape index (κ1) is 10.5. The van der Waals surface area contributed by atoms with E-state index in [1.807, 2.05) is 26.0 Å². The van der Waals surface area contributed by atoms with Crippen molar-refractivity contribution in [3.8, 4) is 0 Å². The molecule has 1 aromatic carbocycles. The zero-order chi connectivity index (χ0) is 11.1. The van der Waals surface area contributed by atoms with Gasteiger partial charge in [-0.15, -0.1) is 0 Å². The molecule has 3 nitrogen and oxygen atoms in total. The second-order valence-corrected chi connectivity index (χ2v) is 4.30. The molecule has 1 N–H and O–H groups in total. The van der Waals surface area contributed by atoms with Crippen LogP contribution in [-0.4, -0.2) is 17.9 Å². The van der Waals surface area contributed by atoms with Gasteiger partial charge in [-0.1, -0.05) is 28.9 Å². The summed E-state index contributed by atoms with van der Waals surface area (Å²) in [4.78, 5) is 0. The number of halogens is 1. The van der Waals surface area contributed by atoms with E-state index < -0.39 is 0 Å². The lowest BCUT2D eigenvalue weighted by atomic mass is 9.84. The van der Waals surface area contributed by atoms with Gasteiger partial charge in [0.15, 0.2) is 5.17 Å². The van der Waals surface area contributed by atoms with Crippen LogP contribution in [0.4, 0.5) is 0 Å². The standard InChI is InChI=1S/C10H10BClNO2/c1-10(2)7-5-6(9(12)13-14)3-4-8(7)11-15-10/h3-5,14H,1-2H3/b13-9-. The van der Waals surface area contributed by atoms with Crippen LogP contribution in [0.3, 0.4) is 0 Å². The van der Waals surface area contributed by atoms with Gasteiger partial charge in [0.25, 0.3) is 0 Å². The van der Waals surface area contributed by atoms with Gasteiger partial charge in [0.1, 0.15) is 0 Å². The topological polar surface area (TPSA) is 41.8 Å². The molecular weight excluding hydrogens is 212 g/mol. The Morgan fingerprint density at radius 3 is 2.93 bits per heavy atom. The summed E-state index contributed by atoms with van der Waals surface area (Å²) in [6, 6.07) is 5.57. The van der Waals surface area contributed by atoms with Gasteiger partial charge in [-0.05, 0) is 30.9 Å². The summed E-state index contributed by atoms with van der Waals surface area (Å²) in [5.74, 6) is 0. The van der Waals surface area contributed by atoms with Gasteiger partial charge >= 0.3 is 7.48 Å². The minimum Gasteiger partial charge on any atom is -0.426 e. The summed E-state index contributed by atoms with van der Waals surface area (Å²) in [6.45, 7) is 3.95. The Bertz CT molecular complexity index is 431. The second-order valence-electron chi connectivity index (χ2n) is 3.94. The van der Waals surface area contributed by atoms with Gasteiger partial charge in [-0.3, -0.25) is 0 Å². The lowest BCUT2D eigenvalue weighted by molar-refractivity contribution is 0.131. The molecule has 0 saturated heterocycles. The van der Waals surface area contributed by atoms with Gasteiger partial charge in [0.05, 0.1) is 5.60 Å². The van der Waals surface area contributed by atoms with Crippen molar-refractivity contribution in [3.63, 3.8) is 0 Å². The highest BCUT2D eigenvalue weighted by molar-refractivity contribution is 6.69. The number of hydrogen-bond acceptors (Lipinski definition) is 3. The summed E-state index contributed by atoms with van der Waals surface area (Å²) >= 11 is 5.73. The van der Waals surface area contributed by atoms with Crippen molar-refractivity contribution in [2.75, 3.05) is 0 Å². The maximum Gasteiger partial charge on any atom is 0.331 e. The van der Waals surface area contributed by atoms with Gasteiger partial charge in [0.2, 0.25) is 0 Å². The zero-order valence-electron chi connectivity index (χ0n) is 8.49. The number of rotatable bonds is 1. The largest absolute Gasteiger partial charge is 0.426 e. The molecule has 77 valence electrons. The fraction of sp³-hybridized carbons (Fsp3) is 0.300. The lowest BCUT2D eigenvalue weighted by Gasteiger charge is -2.20. The van der Waals surface area contributed by atoms with Crippen molar-refractivity contribution >= 4 is 29.7 Å². The predicted octanol–water partition coefficient (Wildman–Crippen LogP) is 1.57. The Morgan fingerprint density at radius 1 is 1.53 bits per heavy atom. The van der Waals surface area contributed by atoms with Crippen LogP contribution in [0.15, 0.2) is 23.4 Å². The van der Waals surface area contributed by atoms with Crippen molar-refractivity contribution in [2.24, 2.45) is 5.16 Å². The minimum absolute atomic E-state index is 0.0838. The van der Waals surface area contributed by atoms with Gasteiger partial charge < -0.3 is 9.86 Å². The Hall–Kier alpha value is -0.995. The van der Waals surface area contributed by atoms with Gasteiger partial charge in [-0.25, -0.2) is 0 Å². The number of oxime groups is 1. The average molecular weight is 222 g/mol. The molecule has 0 atom stereocenters. The van der Waals surface area contributed by atoms with Crippen LogP contribution in [0.5, 0.6) is 0 Å². The van der Waals surface area contributed by atoms with E-state index in [0.29, 0.717) is 5.56 Å². The highest BCUT2D eigenvalue weighted by atomic mass is 35.5. The highest BCUT2D eigenvalue weighted by Crippen LogP contribution is 2.28. The first-order valence-corrected chi connectivity index (χ1v) is 4.96. The Morgan fingerprint density at radius 2 is 2.27 bits per heavy atom. The van der Waals surface area contributed by atoms with E-state index in [2.05, 4.69) is 5.16 Å². The van der Waals surface area contributed by atoms with E-state index in [0.717, 1.165) is 11.0 Å². The number of hydrogen-bond donors (Lipinski definition) is 1. The van der Waals surface area contributed by atoms with E-state index >= 15 is 0 Å². The smallest absolute Gasteiger partial charge is 0.331 e. The van der Waals surface area contributed by atoms with Crippen LogP contribution >= 0.6 is 11.6 Å². The molecule has 1 heterocycles. The molecule has 0 amide bonds. The molecule has 0 unspecified atom stereocenters. The summed E-state index contributed by atoms with van der Waals surface area (Å²) in [5, 5.41) is 11.6. The molecule has 0 spiro atoms. The minimum atomic E-state index is -0.349. The molecule has 1 aromatic rings. The van der Waals surface area contributed by atoms with Crippen LogP contribution in [0.2, 0.25) is 0 Å². The molecule has 1 radical (unpaired) electrons. The summed E-state index contributed by atoms with van der Waals surface area (Å²) in [7, 11) is 1.73. The fourth-order valence-corrected chi connectivity index (χ4v) is 1.76.